The first-order chi connectivity index (χ1) is 8.15. The molecule has 0 aliphatic carbocycles. The number of likely N-dealkylation sites (N-methyl/N-ethyl adjacent to an activating group) is 1. The predicted molar refractivity (Wildman–Crippen MR) is 68.2 cm³/mol. The zero-order valence-electron chi connectivity index (χ0n) is 10.3. The summed E-state index contributed by atoms with van der Waals surface area (Å²) in [5, 5.41) is 2.80. The molecular formula is C12H19N3O2. The number of nitrogens with zero attached hydrogens (tertiary/aromatic N) is 1. The van der Waals surface area contributed by atoms with E-state index in [9.17, 15) is 4.79 Å². The van der Waals surface area contributed by atoms with Gasteiger partial charge in [0.25, 0.3) is 0 Å². The summed E-state index contributed by atoms with van der Waals surface area (Å²) in [6.07, 6.45) is 0. The van der Waals surface area contributed by atoms with E-state index in [1.165, 1.54) is 0 Å². The van der Waals surface area contributed by atoms with E-state index in [1.807, 2.05) is 30.1 Å². The molecule has 0 radical (unpaired) electrons. The molecule has 0 bridgehead atoms. The van der Waals surface area contributed by atoms with E-state index in [4.69, 9.17) is 10.5 Å². The van der Waals surface area contributed by atoms with Gasteiger partial charge in [0, 0.05) is 24.8 Å². The Morgan fingerprint density at radius 2 is 2.29 bits per heavy atom. The van der Waals surface area contributed by atoms with Crippen molar-refractivity contribution in [3.63, 3.8) is 0 Å². The molecule has 1 aromatic carbocycles. The minimum Gasteiger partial charge on any atom is -0.497 e. The Morgan fingerprint density at radius 1 is 1.53 bits per heavy atom. The van der Waals surface area contributed by atoms with Crippen molar-refractivity contribution in [1.29, 1.82) is 0 Å². The molecule has 1 aromatic rings. The Morgan fingerprint density at radius 3 is 2.94 bits per heavy atom. The number of hydrogen-bond donors (Lipinski definition) is 2. The number of rotatable bonds is 6. The fourth-order valence-electron chi connectivity index (χ4n) is 1.45. The highest BCUT2D eigenvalue weighted by Crippen LogP contribution is 2.16. The van der Waals surface area contributed by atoms with Crippen molar-refractivity contribution < 1.29 is 9.53 Å². The van der Waals surface area contributed by atoms with Crippen molar-refractivity contribution in [3.8, 4) is 5.75 Å². The van der Waals surface area contributed by atoms with Gasteiger partial charge in [-0.15, -0.1) is 0 Å². The van der Waals surface area contributed by atoms with Crippen LogP contribution in [0.5, 0.6) is 5.75 Å². The van der Waals surface area contributed by atoms with Crippen molar-refractivity contribution in [2.24, 2.45) is 5.73 Å². The summed E-state index contributed by atoms with van der Waals surface area (Å²) in [5.41, 5.74) is 6.14. The summed E-state index contributed by atoms with van der Waals surface area (Å²) in [6, 6.07) is 7.26. The molecule has 1 amide bonds. The quantitative estimate of drug-likeness (QED) is 0.757. The van der Waals surface area contributed by atoms with Gasteiger partial charge in [-0.2, -0.15) is 0 Å². The molecule has 0 saturated carbocycles. The maximum absolute atomic E-state index is 11.7. The smallest absolute Gasteiger partial charge is 0.238 e. The van der Waals surface area contributed by atoms with Crippen LogP contribution >= 0.6 is 0 Å². The third kappa shape index (κ3) is 4.84. The average molecular weight is 237 g/mol. The molecule has 0 unspecified atom stereocenters. The Labute approximate surface area is 102 Å². The molecule has 0 saturated heterocycles. The average Bonchev–Trinajstić information content (AvgIpc) is 2.29. The number of carbonyl (C=O) groups excluding carboxylic acids is 1. The third-order valence-corrected chi connectivity index (χ3v) is 2.28. The van der Waals surface area contributed by atoms with E-state index in [1.54, 1.807) is 13.2 Å². The van der Waals surface area contributed by atoms with Crippen LogP contribution in [-0.2, 0) is 4.79 Å². The van der Waals surface area contributed by atoms with Crippen molar-refractivity contribution in [2.45, 2.75) is 0 Å². The van der Waals surface area contributed by atoms with Crippen LogP contribution in [0.4, 0.5) is 5.69 Å². The topological polar surface area (TPSA) is 67.6 Å². The molecule has 1 rings (SSSR count). The van der Waals surface area contributed by atoms with Gasteiger partial charge in [0.2, 0.25) is 5.91 Å². The van der Waals surface area contributed by atoms with E-state index in [0.29, 0.717) is 19.6 Å². The number of methoxy groups -OCH3 is 1. The van der Waals surface area contributed by atoms with Gasteiger partial charge in [-0.05, 0) is 19.2 Å². The summed E-state index contributed by atoms with van der Waals surface area (Å²) < 4.78 is 5.08. The number of benzene rings is 1. The minimum atomic E-state index is -0.0609. The van der Waals surface area contributed by atoms with E-state index >= 15 is 0 Å². The molecule has 0 heterocycles. The second-order valence-electron chi connectivity index (χ2n) is 3.81. The molecule has 0 fully saturated rings. The van der Waals surface area contributed by atoms with Crippen molar-refractivity contribution in [2.75, 3.05) is 39.1 Å². The highest BCUT2D eigenvalue weighted by Gasteiger charge is 2.06. The van der Waals surface area contributed by atoms with Crippen LogP contribution in [0.1, 0.15) is 0 Å². The first-order valence-corrected chi connectivity index (χ1v) is 5.48. The summed E-state index contributed by atoms with van der Waals surface area (Å²) in [4.78, 5) is 13.5. The molecule has 3 N–H and O–H groups in total. The van der Waals surface area contributed by atoms with Crippen LogP contribution in [0.2, 0.25) is 0 Å². The fourth-order valence-corrected chi connectivity index (χ4v) is 1.45. The van der Waals surface area contributed by atoms with Crippen LogP contribution in [-0.4, -0.2) is 44.6 Å². The molecule has 17 heavy (non-hydrogen) atoms. The molecular weight excluding hydrogens is 218 g/mol. The Kier molecular flexibility index (Phi) is 5.45. The van der Waals surface area contributed by atoms with Crippen molar-refractivity contribution in [3.05, 3.63) is 24.3 Å². The molecule has 5 nitrogen and oxygen atoms in total. The van der Waals surface area contributed by atoms with Crippen LogP contribution in [0.15, 0.2) is 24.3 Å². The SMILES string of the molecule is COc1cccc(NC(=O)CN(C)CCN)c1. The molecule has 94 valence electrons. The lowest BCUT2D eigenvalue weighted by Gasteiger charge is -2.15. The Balaban J connectivity index is 2.49. The molecule has 0 atom stereocenters. The van der Waals surface area contributed by atoms with Gasteiger partial charge in [0.05, 0.1) is 13.7 Å². The lowest BCUT2D eigenvalue weighted by atomic mass is 10.3. The lowest BCUT2D eigenvalue weighted by molar-refractivity contribution is -0.117. The maximum Gasteiger partial charge on any atom is 0.238 e. The van der Waals surface area contributed by atoms with Gasteiger partial charge in [-0.25, -0.2) is 0 Å². The Hall–Kier alpha value is -1.59. The van der Waals surface area contributed by atoms with Gasteiger partial charge in [0.15, 0.2) is 0 Å². The minimum absolute atomic E-state index is 0.0609. The highest BCUT2D eigenvalue weighted by molar-refractivity contribution is 5.92. The Bertz CT molecular complexity index is 369. The monoisotopic (exact) mass is 237 g/mol. The number of anilines is 1. The number of ether oxygens (including phenoxy) is 1. The first kappa shape index (κ1) is 13.5. The van der Waals surface area contributed by atoms with Crippen LogP contribution in [0, 0.1) is 0 Å². The van der Waals surface area contributed by atoms with Crippen molar-refractivity contribution >= 4 is 11.6 Å². The number of nitrogens with one attached hydrogen (secondary N) is 1. The second-order valence-corrected chi connectivity index (χ2v) is 3.81. The summed E-state index contributed by atoms with van der Waals surface area (Å²) in [5.74, 6) is 0.660. The zero-order chi connectivity index (χ0) is 12.7. The fraction of sp³-hybridized carbons (Fsp3) is 0.417. The van der Waals surface area contributed by atoms with E-state index < -0.39 is 0 Å². The van der Waals surface area contributed by atoms with Crippen LogP contribution in [0.3, 0.4) is 0 Å². The number of amides is 1. The number of carbonyl (C=O) groups is 1. The molecule has 0 aliphatic rings. The van der Waals surface area contributed by atoms with Gasteiger partial charge in [-0.3, -0.25) is 9.69 Å². The summed E-state index contributed by atoms with van der Waals surface area (Å²) in [7, 11) is 3.45. The van der Waals surface area contributed by atoms with Crippen LogP contribution in [0.25, 0.3) is 0 Å². The lowest BCUT2D eigenvalue weighted by Crippen LogP contribution is -2.33. The van der Waals surface area contributed by atoms with Gasteiger partial charge in [-0.1, -0.05) is 6.07 Å². The molecule has 0 aliphatic heterocycles. The summed E-state index contributed by atoms with van der Waals surface area (Å²) >= 11 is 0. The predicted octanol–water partition coefficient (Wildman–Crippen LogP) is 0.524. The van der Waals surface area contributed by atoms with Crippen molar-refractivity contribution in [1.82, 2.24) is 4.90 Å². The largest absolute Gasteiger partial charge is 0.497 e. The molecule has 0 aromatic heterocycles. The zero-order valence-corrected chi connectivity index (χ0v) is 10.3. The normalized spacial score (nSPS) is 10.4. The van der Waals surface area contributed by atoms with E-state index in [2.05, 4.69) is 5.32 Å². The van der Waals surface area contributed by atoms with Gasteiger partial charge in [0.1, 0.15) is 5.75 Å². The molecule has 5 heteroatoms. The first-order valence-electron chi connectivity index (χ1n) is 5.48. The number of nitrogens with two attached hydrogens (primary N) is 1. The second kappa shape index (κ2) is 6.88. The molecule has 0 spiro atoms. The van der Waals surface area contributed by atoms with Gasteiger partial charge >= 0.3 is 0 Å². The highest BCUT2D eigenvalue weighted by atomic mass is 16.5. The van der Waals surface area contributed by atoms with E-state index in [-0.39, 0.29) is 5.91 Å². The maximum atomic E-state index is 11.7. The number of hydrogen-bond acceptors (Lipinski definition) is 4. The third-order valence-electron chi connectivity index (χ3n) is 2.28. The standard InChI is InChI=1S/C12H19N3O2/c1-15(7-6-13)9-12(16)14-10-4-3-5-11(8-10)17-2/h3-5,8H,6-7,9,13H2,1-2H3,(H,14,16). The summed E-state index contributed by atoms with van der Waals surface area (Å²) in [6.45, 7) is 1.57. The van der Waals surface area contributed by atoms with Crippen LogP contribution < -0.4 is 15.8 Å². The van der Waals surface area contributed by atoms with Gasteiger partial charge < -0.3 is 15.8 Å². The van der Waals surface area contributed by atoms with E-state index in [0.717, 1.165) is 11.4 Å².